The predicted octanol–water partition coefficient (Wildman–Crippen LogP) is 2.05. The maximum absolute atomic E-state index is 4.06. The third-order valence-corrected chi connectivity index (χ3v) is 3.63. The van der Waals surface area contributed by atoms with Gasteiger partial charge < -0.3 is 5.32 Å². The Balaban J connectivity index is 1.93. The Hall–Kier alpha value is -0.930. The first kappa shape index (κ1) is 12.5. The molecular weight excluding hydrogens is 210 g/mol. The van der Waals surface area contributed by atoms with E-state index >= 15 is 0 Å². The number of hydrogen-bond acceptors (Lipinski definition) is 3. The van der Waals surface area contributed by atoms with Crippen molar-refractivity contribution in [1.29, 1.82) is 0 Å². The van der Waals surface area contributed by atoms with E-state index in [0.29, 0.717) is 5.54 Å². The van der Waals surface area contributed by atoms with Crippen molar-refractivity contribution in [2.24, 2.45) is 0 Å². The maximum Gasteiger partial charge on any atom is 0.0281 e. The average molecular weight is 233 g/mol. The van der Waals surface area contributed by atoms with Gasteiger partial charge in [0.2, 0.25) is 0 Å². The zero-order valence-electron chi connectivity index (χ0n) is 10.9. The lowest BCUT2D eigenvalue weighted by molar-refractivity contribution is 0.204. The van der Waals surface area contributed by atoms with Gasteiger partial charge in [-0.25, -0.2) is 0 Å². The Bertz CT molecular complexity index is 331. The third-order valence-electron chi connectivity index (χ3n) is 3.63. The van der Waals surface area contributed by atoms with Gasteiger partial charge in [-0.3, -0.25) is 9.88 Å². The Morgan fingerprint density at radius 1 is 1.41 bits per heavy atom. The van der Waals surface area contributed by atoms with Crippen LogP contribution in [0.5, 0.6) is 0 Å². The minimum absolute atomic E-state index is 0.309. The summed E-state index contributed by atoms with van der Waals surface area (Å²) in [6.45, 7) is 9.00. The van der Waals surface area contributed by atoms with Crippen LogP contribution in [0.1, 0.15) is 32.3 Å². The molecule has 0 aliphatic carbocycles. The molecule has 0 spiro atoms. The van der Waals surface area contributed by atoms with Crippen LogP contribution in [-0.2, 0) is 6.54 Å². The van der Waals surface area contributed by atoms with E-state index in [1.165, 1.54) is 24.9 Å². The number of nitrogens with one attached hydrogen (secondary N) is 1. The highest BCUT2D eigenvalue weighted by molar-refractivity contribution is 5.09. The van der Waals surface area contributed by atoms with E-state index < -0.39 is 0 Å². The second-order valence-electron chi connectivity index (χ2n) is 5.25. The van der Waals surface area contributed by atoms with Crippen molar-refractivity contribution in [3.8, 4) is 0 Å². The van der Waals surface area contributed by atoms with Gasteiger partial charge in [0.15, 0.2) is 0 Å². The Kier molecular flexibility index (Phi) is 4.13. The lowest BCUT2D eigenvalue weighted by atomic mass is 9.99. The summed E-state index contributed by atoms with van der Waals surface area (Å²) in [5.74, 6) is 0. The summed E-state index contributed by atoms with van der Waals surface area (Å²) in [5, 5.41) is 3.63. The second kappa shape index (κ2) is 5.61. The Morgan fingerprint density at radius 2 is 2.18 bits per heavy atom. The number of rotatable bonds is 5. The topological polar surface area (TPSA) is 28.2 Å². The van der Waals surface area contributed by atoms with Crippen LogP contribution in [-0.4, -0.2) is 35.1 Å². The molecule has 1 saturated heterocycles. The molecule has 1 aromatic rings. The quantitative estimate of drug-likeness (QED) is 0.843. The van der Waals surface area contributed by atoms with E-state index in [9.17, 15) is 0 Å². The van der Waals surface area contributed by atoms with Crippen LogP contribution < -0.4 is 5.32 Å². The molecule has 3 heteroatoms. The van der Waals surface area contributed by atoms with E-state index in [-0.39, 0.29) is 0 Å². The summed E-state index contributed by atoms with van der Waals surface area (Å²) in [5.41, 5.74) is 1.66. The van der Waals surface area contributed by atoms with Gasteiger partial charge in [-0.05, 0) is 50.6 Å². The van der Waals surface area contributed by atoms with Crippen molar-refractivity contribution >= 4 is 0 Å². The normalized spacial score (nSPS) is 24.4. The predicted molar refractivity (Wildman–Crippen MR) is 70.8 cm³/mol. The van der Waals surface area contributed by atoms with E-state index in [1.807, 2.05) is 12.4 Å². The molecule has 0 aromatic carbocycles. The molecule has 2 rings (SSSR count). The zero-order chi connectivity index (χ0) is 12.1. The van der Waals surface area contributed by atoms with Gasteiger partial charge >= 0.3 is 0 Å². The number of hydrogen-bond donors (Lipinski definition) is 1. The highest BCUT2D eigenvalue weighted by Gasteiger charge is 2.29. The molecule has 1 fully saturated rings. The van der Waals surface area contributed by atoms with Gasteiger partial charge in [0.05, 0.1) is 0 Å². The number of pyridine rings is 1. The standard InChI is InChI=1S/C14H23N3/c1-3-17(11-13-5-9-15-10-6-13)12-14(2)7-4-8-16-14/h5-6,9-10,16H,3-4,7-8,11-12H2,1-2H3. The molecule has 1 aliphatic heterocycles. The summed E-state index contributed by atoms with van der Waals surface area (Å²) in [6, 6.07) is 4.21. The molecule has 2 heterocycles. The van der Waals surface area contributed by atoms with Crippen LogP contribution in [0.3, 0.4) is 0 Å². The molecule has 1 N–H and O–H groups in total. The van der Waals surface area contributed by atoms with Gasteiger partial charge in [-0.1, -0.05) is 6.92 Å². The first-order chi connectivity index (χ1) is 8.22. The highest BCUT2D eigenvalue weighted by Crippen LogP contribution is 2.20. The second-order valence-corrected chi connectivity index (χ2v) is 5.25. The van der Waals surface area contributed by atoms with Crippen LogP contribution in [0.15, 0.2) is 24.5 Å². The van der Waals surface area contributed by atoms with Crippen molar-refractivity contribution in [2.75, 3.05) is 19.6 Å². The summed E-state index contributed by atoms with van der Waals surface area (Å²) in [4.78, 5) is 6.57. The summed E-state index contributed by atoms with van der Waals surface area (Å²) in [6.07, 6.45) is 6.35. The van der Waals surface area contributed by atoms with Crippen molar-refractivity contribution < 1.29 is 0 Å². The van der Waals surface area contributed by atoms with E-state index in [4.69, 9.17) is 0 Å². The van der Waals surface area contributed by atoms with Crippen molar-refractivity contribution in [2.45, 2.75) is 38.8 Å². The first-order valence-electron chi connectivity index (χ1n) is 6.58. The molecule has 3 nitrogen and oxygen atoms in total. The largest absolute Gasteiger partial charge is 0.310 e. The average Bonchev–Trinajstić information content (AvgIpc) is 2.76. The fourth-order valence-electron chi connectivity index (χ4n) is 2.61. The first-order valence-corrected chi connectivity index (χ1v) is 6.58. The molecular formula is C14H23N3. The summed E-state index contributed by atoms with van der Waals surface area (Å²) >= 11 is 0. The van der Waals surface area contributed by atoms with E-state index in [0.717, 1.165) is 19.6 Å². The summed E-state index contributed by atoms with van der Waals surface area (Å²) < 4.78 is 0. The monoisotopic (exact) mass is 233 g/mol. The molecule has 0 saturated carbocycles. The van der Waals surface area contributed by atoms with Crippen molar-refractivity contribution in [1.82, 2.24) is 15.2 Å². The lowest BCUT2D eigenvalue weighted by Crippen LogP contribution is -2.47. The third kappa shape index (κ3) is 3.51. The van der Waals surface area contributed by atoms with Gasteiger partial charge in [0, 0.05) is 31.0 Å². The lowest BCUT2D eigenvalue weighted by Gasteiger charge is -2.32. The van der Waals surface area contributed by atoms with Crippen LogP contribution >= 0.6 is 0 Å². The number of nitrogens with zero attached hydrogens (tertiary/aromatic N) is 2. The Morgan fingerprint density at radius 3 is 2.76 bits per heavy atom. The van der Waals surface area contributed by atoms with Gasteiger partial charge in [-0.2, -0.15) is 0 Å². The summed E-state index contributed by atoms with van der Waals surface area (Å²) in [7, 11) is 0. The SMILES string of the molecule is CCN(Cc1ccncc1)CC1(C)CCCN1. The number of aromatic nitrogens is 1. The van der Waals surface area contributed by atoms with Crippen molar-refractivity contribution in [3.63, 3.8) is 0 Å². The zero-order valence-corrected chi connectivity index (χ0v) is 10.9. The highest BCUT2D eigenvalue weighted by atomic mass is 15.2. The molecule has 0 bridgehead atoms. The van der Waals surface area contributed by atoms with Gasteiger partial charge in [-0.15, -0.1) is 0 Å². The molecule has 94 valence electrons. The molecule has 1 aromatic heterocycles. The molecule has 0 amide bonds. The molecule has 1 atom stereocenters. The maximum atomic E-state index is 4.06. The minimum atomic E-state index is 0.309. The Labute approximate surface area is 104 Å². The molecule has 1 aliphatic rings. The molecule has 1 unspecified atom stereocenters. The smallest absolute Gasteiger partial charge is 0.0281 e. The van der Waals surface area contributed by atoms with Crippen LogP contribution in [0.25, 0.3) is 0 Å². The number of likely N-dealkylation sites (N-methyl/N-ethyl adjacent to an activating group) is 1. The van der Waals surface area contributed by atoms with Crippen LogP contribution in [0.4, 0.5) is 0 Å². The van der Waals surface area contributed by atoms with Gasteiger partial charge in [0.1, 0.15) is 0 Å². The van der Waals surface area contributed by atoms with E-state index in [2.05, 4.69) is 41.2 Å². The van der Waals surface area contributed by atoms with Gasteiger partial charge in [0.25, 0.3) is 0 Å². The fourth-order valence-corrected chi connectivity index (χ4v) is 2.61. The van der Waals surface area contributed by atoms with Crippen molar-refractivity contribution in [3.05, 3.63) is 30.1 Å². The minimum Gasteiger partial charge on any atom is -0.310 e. The molecule has 0 radical (unpaired) electrons. The van der Waals surface area contributed by atoms with E-state index in [1.54, 1.807) is 0 Å². The van der Waals surface area contributed by atoms with Crippen LogP contribution in [0, 0.1) is 0 Å². The fraction of sp³-hybridized carbons (Fsp3) is 0.643. The molecule has 17 heavy (non-hydrogen) atoms. The van der Waals surface area contributed by atoms with Crippen LogP contribution in [0.2, 0.25) is 0 Å².